The summed E-state index contributed by atoms with van der Waals surface area (Å²) in [5.74, 6) is -0.0949. The highest BCUT2D eigenvalue weighted by atomic mass is 16.1. The molecule has 4 N–H and O–H groups in total. The van der Waals surface area contributed by atoms with Crippen molar-refractivity contribution in [3.8, 4) is 0 Å². The zero-order valence-corrected chi connectivity index (χ0v) is 4.27. The fraction of sp³-hybridized carbons (Fsp3) is 0.750. The van der Waals surface area contributed by atoms with Gasteiger partial charge in [-0.1, -0.05) is 0 Å². The summed E-state index contributed by atoms with van der Waals surface area (Å²) >= 11 is 0. The molecular formula is C4H10N2O. The van der Waals surface area contributed by atoms with E-state index in [-0.39, 0.29) is 12.3 Å². The number of carbonyl (C=O) groups is 1. The molecule has 1 unspecified atom stereocenters. The van der Waals surface area contributed by atoms with Gasteiger partial charge in [0.05, 0.1) is 6.04 Å². The molecule has 0 aromatic carbocycles. The second-order valence-electron chi connectivity index (χ2n) is 1.40. The van der Waals surface area contributed by atoms with E-state index in [9.17, 15) is 4.79 Å². The molecule has 0 saturated heterocycles. The van der Waals surface area contributed by atoms with Crippen molar-refractivity contribution in [1.82, 2.24) is 0 Å². The van der Waals surface area contributed by atoms with Gasteiger partial charge in [0.15, 0.2) is 0 Å². The number of carbonyl (C=O) groups excluding carboxylic acids is 1. The van der Waals surface area contributed by atoms with Gasteiger partial charge < -0.3 is 11.5 Å². The molecule has 42 valence electrons. The number of hydrogen-bond acceptors (Lipinski definition) is 3. The van der Waals surface area contributed by atoms with Gasteiger partial charge in [0.2, 0.25) is 0 Å². The summed E-state index contributed by atoms with van der Waals surface area (Å²) in [6.45, 7) is 1.60. The van der Waals surface area contributed by atoms with Crippen LogP contribution in [0.3, 0.4) is 0 Å². The molecule has 0 spiro atoms. The summed E-state index contributed by atoms with van der Waals surface area (Å²) in [6.07, 6.45) is 0. The van der Waals surface area contributed by atoms with Crippen LogP contribution in [0.4, 0.5) is 0 Å². The van der Waals surface area contributed by atoms with Crippen molar-refractivity contribution < 1.29 is 6.21 Å². The zero-order valence-electron chi connectivity index (χ0n) is 5.27. The van der Waals surface area contributed by atoms with Crippen LogP contribution in [0, 0.1) is 0 Å². The highest BCUT2D eigenvalue weighted by Crippen LogP contribution is 1.72. The van der Waals surface area contributed by atoms with Crippen molar-refractivity contribution in [2.45, 2.75) is 13.0 Å². The molecule has 0 saturated carbocycles. The average molecular weight is 103 g/mol. The molecule has 7 heavy (non-hydrogen) atoms. The number of ketones is 1. The molecule has 0 aromatic heterocycles. The Bertz CT molecular complexity index is 82.1. The Kier molecular flexibility index (Phi) is 1.84. The van der Waals surface area contributed by atoms with Crippen molar-refractivity contribution in [2.24, 2.45) is 11.5 Å². The minimum atomic E-state index is -0.491. The Balaban J connectivity index is 3.52. The van der Waals surface area contributed by atoms with Crippen molar-refractivity contribution in [1.29, 1.82) is 0 Å². The van der Waals surface area contributed by atoms with Gasteiger partial charge in [-0.15, -0.1) is 0 Å². The molecule has 0 bridgehead atoms. The standard InChI is InChI=1S/C4H10N2O/c1-3(7)4(6)2-5/h4H,2,5-6H2,1H3/i/hD. The van der Waals surface area contributed by atoms with Gasteiger partial charge in [-0.05, 0) is 6.92 Å². The van der Waals surface area contributed by atoms with E-state index in [4.69, 9.17) is 7.15 Å². The van der Waals surface area contributed by atoms with E-state index in [0.717, 1.165) is 0 Å². The van der Waals surface area contributed by atoms with Crippen molar-refractivity contribution in [2.75, 3.05) is 6.54 Å². The molecule has 0 aliphatic carbocycles. The van der Waals surface area contributed by atoms with Gasteiger partial charge in [-0.2, -0.15) is 0 Å². The lowest BCUT2D eigenvalue weighted by Gasteiger charge is -1.99. The van der Waals surface area contributed by atoms with Crippen LogP contribution in [-0.4, -0.2) is 18.4 Å². The lowest BCUT2D eigenvalue weighted by molar-refractivity contribution is -0.117. The predicted molar refractivity (Wildman–Crippen MR) is 27.7 cm³/mol. The predicted octanol–water partition coefficient (Wildman–Crippen LogP) is -1.14. The zero-order chi connectivity index (χ0) is 6.57. The van der Waals surface area contributed by atoms with Crippen LogP contribution in [0.2, 0.25) is 1.41 Å². The highest BCUT2D eigenvalue weighted by Gasteiger charge is 2.01. The maximum absolute atomic E-state index is 10.3. The van der Waals surface area contributed by atoms with Crippen LogP contribution < -0.4 is 11.5 Å². The topological polar surface area (TPSA) is 69.1 Å². The van der Waals surface area contributed by atoms with E-state index in [1.165, 1.54) is 6.92 Å². The SMILES string of the molecule is [2H]NC(CN)C(C)=O. The van der Waals surface area contributed by atoms with Gasteiger partial charge in [-0.3, -0.25) is 4.79 Å². The Morgan fingerprint density at radius 3 is 2.71 bits per heavy atom. The van der Waals surface area contributed by atoms with E-state index in [1.807, 2.05) is 5.73 Å². The van der Waals surface area contributed by atoms with Gasteiger partial charge in [0.1, 0.15) is 7.20 Å². The summed E-state index contributed by atoms with van der Waals surface area (Å²) in [5, 5.41) is 0. The van der Waals surface area contributed by atoms with Gasteiger partial charge in [0, 0.05) is 6.54 Å². The van der Waals surface area contributed by atoms with Crippen LogP contribution in [0.5, 0.6) is 0 Å². The minimum Gasteiger partial charge on any atom is -0.328 e. The Morgan fingerprint density at radius 1 is 2.14 bits per heavy atom. The van der Waals surface area contributed by atoms with Gasteiger partial charge in [0.25, 0.3) is 0 Å². The number of nitrogens with two attached hydrogens (primary N) is 2. The van der Waals surface area contributed by atoms with Crippen LogP contribution in [-0.2, 0) is 4.79 Å². The monoisotopic (exact) mass is 103 g/mol. The molecule has 3 nitrogen and oxygen atoms in total. The third kappa shape index (κ3) is 2.31. The smallest absolute Gasteiger partial charge is 0.147 e. The van der Waals surface area contributed by atoms with E-state index >= 15 is 0 Å². The van der Waals surface area contributed by atoms with Gasteiger partial charge >= 0.3 is 0 Å². The molecule has 1 atom stereocenters. The molecule has 0 aliphatic rings. The van der Waals surface area contributed by atoms with Crippen molar-refractivity contribution in [3.05, 3.63) is 0 Å². The lowest BCUT2D eigenvalue weighted by atomic mass is 10.2. The summed E-state index contributed by atoms with van der Waals surface area (Å²) in [5.41, 5.74) is 7.11. The van der Waals surface area contributed by atoms with E-state index < -0.39 is 6.04 Å². The number of Topliss-reactive ketones (excluding diaryl/α,β-unsaturated/α-hetero) is 1. The summed E-state index contributed by atoms with van der Waals surface area (Å²) in [7, 11) is 0. The quantitative estimate of drug-likeness (QED) is 0.474. The molecule has 0 heterocycles. The second-order valence-corrected chi connectivity index (χ2v) is 1.40. The minimum absolute atomic E-state index is 0.0949. The first-order chi connectivity index (χ1) is 3.72. The number of rotatable bonds is 3. The lowest BCUT2D eigenvalue weighted by Crippen LogP contribution is -2.35. The van der Waals surface area contributed by atoms with Crippen LogP contribution >= 0.6 is 0 Å². The maximum atomic E-state index is 10.3. The fourth-order valence-corrected chi connectivity index (χ4v) is 0.166. The third-order valence-corrected chi connectivity index (χ3v) is 0.726. The summed E-state index contributed by atoms with van der Waals surface area (Å²) in [4.78, 5) is 10.3. The highest BCUT2D eigenvalue weighted by molar-refractivity contribution is 5.81. The first-order valence-corrected chi connectivity index (χ1v) is 2.10. The van der Waals surface area contributed by atoms with Gasteiger partial charge in [-0.25, -0.2) is 0 Å². The second kappa shape index (κ2) is 2.71. The third-order valence-electron chi connectivity index (χ3n) is 0.726. The molecule has 0 aromatic rings. The molecule has 3 heteroatoms. The average Bonchev–Trinajstić information content (AvgIpc) is 1.69. The molecule has 0 aliphatic heterocycles. The van der Waals surface area contributed by atoms with E-state index in [0.29, 0.717) is 0 Å². The first kappa shape index (κ1) is 4.74. The summed E-state index contributed by atoms with van der Waals surface area (Å²) < 4.78 is 6.54. The van der Waals surface area contributed by atoms with Crippen molar-refractivity contribution >= 4 is 5.78 Å². The fourth-order valence-electron chi connectivity index (χ4n) is 0.166. The van der Waals surface area contributed by atoms with Crippen LogP contribution in [0.1, 0.15) is 6.92 Å². The van der Waals surface area contributed by atoms with Crippen LogP contribution in [0.25, 0.3) is 0 Å². The molecule has 0 rings (SSSR count). The molecule has 0 fully saturated rings. The normalized spacial score (nSPS) is 15.4. The van der Waals surface area contributed by atoms with E-state index in [2.05, 4.69) is 0 Å². The van der Waals surface area contributed by atoms with E-state index in [1.54, 1.807) is 0 Å². The first-order valence-electron chi connectivity index (χ1n) is 2.60. The largest absolute Gasteiger partial charge is 0.328 e. The Morgan fingerprint density at radius 2 is 2.71 bits per heavy atom. The van der Waals surface area contributed by atoms with Crippen molar-refractivity contribution in [3.63, 3.8) is 0 Å². The summed E-state index contributed by atoms with van der Waals surface area (Å²) in [6, 6.07) is -0.491. The Labute approximate surface area is 44.1 Å². The maximum Gasteiger partial charge on any atom is 0.147 e. The molecular weight excluding hydrogens is 92.1 g/mol. The van der Waals surface area contributed by atoms with Crippen LogP contribution in [0.15, 0.2) is 0 Å². The molecule has 0 amide bonds. The molecule has 0 radical (unpaired) electrons. The Hall–Kier alpha value is -0.410. The number of hydrogen-bond donors (Lipinski definition) is 2.